The van der Waals surface area contributed by atoms with E-state index in [1.54, 1.807) is 36.8 Å². The van der Waals surface area contributed by atoms with Crippen LogP contribution in [0.2, 0.25) is 0 Å². The van der Waals surface area contributed by atoms with E-state index in [0.29, 0.717) is 36.8 Å². The normalized spacial score (nSPS) is 11.4. The quantitative estimate of drug-likeness (QED) is 0.136. The molecule has 214 valence electrons. The van der Waals surface area contributed by atoms with Gasteiger partial charge in [-0.1, -0.05) is 0 Å². The first-order valence-electron chi connectivity index (χ1n) is 12.5. The molecule has 12 heteroatoms. The van der Waals surface area contributed by atoms with E-state index < -0.39 is 6.61 Å². The second-order valence-corrected chi connectivity index (χ2v) is 10.1. The summed E-state index contributed by atoms with van der Waals surface area (Å²) in [5.74, 6) is 0.462. The number of quaternary nitrogens is 1. The number of carbonyl (C=O) groups is 1. The molecule has 0 unspecified atom stereocenters. The van der Waals surface area contributed by atoms with Gasteiger partial charge in [-0.15, -0.1) is 0 Å². The maximum atomic E-state index is 12.7. The van der Waals surface area contributed by atoms with Gasteiger partial charge >= 0.3 is 6.61 Å². The third-order valence-electron chi connectivity index (χ3n) is 5.98. The molecule has 2 aromatic carbocycles. The van der Waals surface area contributed by atoms with Gasteiger partial charge < -0.3 is 48.6 Å². The number of nitrogens with zero attached hydrogens (tertiary/aromatic N) is 4. The average Bonchev–Trinajstić information content (AvgIpc) is 3.31. The molecule has 0 spiro atoms. The summed E-state index contributed by atoms with van der Waals surface area (Å²) in [6.07, 6.45) is 5.11. The molecule has 0 aliphatic heterocycles. The van der Waals surface area contributed by atoms with E-state index >= 15 is 0 Å². The molecular weight excluding hydrogens is 633 g/mol. The molecule has 0 bridgehead atoms. The second kappa shape index (κ2) is 13.8. The molecule has 0 radical (unpaired) electrons. The number of imidazole rings is 1. The van der Waals surface area contributed by atoms with Crippen LogP contribution in [0.5, 0.6) is 5.75 Å². The first-order chi connectivity index (χ1) is 18.6. The topological polar surface area (TPSA) is 89.8 Å². The van der Waals surface area contributed by atoms with Crippen LogP contribution in [0.4, 0.5) is 20.3 Å². The van der Waals surface area contributed by atoms with Crippen molar-refractivity contribution in [3.05, 3.63) is 72.2 Å². The molecule has 0 fully saturated rings. The number of carbonyl (C=O) groups excluding carboxylic acids is 1. The van der Waals surface area contributed by atoms with Gasteiger partial charge in [-0.05, 0) is 55.0 Å². The zero-order valence-corrected chi connectivity index (χ0v) is 25.0. The van der Waals surface area contributed by atoms with Crippen LogP contribution in [0.1, 0.15) is 15.9 Å². The third kappa shape index (κ3) is 8.32. The molecule has 1 amide bonds. The summed E-state index contributed by atoms with van der Waals surface area (Å²) in [7, 11) is 6.31. The highest BCUT2D eigenvalue weighted by molar-refractivity contribution is 5.96. The van der Waals surface area contributed by atoms with Gasteiger partial charge in [0.05, 0.1) is 46.2 Å². The van der Waals surface area contributed by atoms with Crippen molar-refractivity contribution in [2.45, 2.75) is 13.5 Å². The van der Waals surface area contributed by atoms with Crippen molar-refractivity contribution in [2.24, 2.45) is 0 Å². The number of alkyl halides is 2. The maximum absolute atomic E-state index is 12.7. The molecular formula is C28H33F2IN6O3. The van der Waals surface area contributed by atoms with Gasteiger partial charge in [0.2, 0.25) is 0 Å². The minimum atomic E-state index is -2.87. The Labute approximate surface area is 249 Å². The fourth-order valence-electron chi connectivity index (χ4n) is 3.93. The number of benzene rings is 2. The molecule has 9 nitrogen and oxygen atoms in total. The SMILES string of the molecule is Cc1cc(Nc2nccn3c(-c4ccc(OC(F)F)cc4)cnc23)ccc1C(=O)NCCOCC[N+](C)(C)C.[I-]. The number of rotatable bonds is 12. The van der Waals surface area contributed by atoms with Gasteiger partial charge in [-0.25, -0.2) is 9.97 Å². The summed E-state index contributed by atoms with van der Waals surface area (Å²) < 4.78 is 37.6. The molecule has 0 saturated heterocycles. The first-order valence-corrected chi connectivity index (χ1v) is 12.5. The number of aromatic nitrogens is 3. The van der Waals surface area contributed by atoms with Crippen LogP contribution in [0.25, 0.3) is 16.9 Å². The van der Waals surface area contributed by atoms with E-state index in [0.717, 1.165) is 33.5 Å². The number of hydrogen-bond acceptors (Lipinski definition) is 6. The van der Waals surface area contributed by atoms with E-state index in [4.69, 9.17) is 4.74 Å². The summed E-state index contributed by atoms with van der Waals surface area (Å²) in [6, 6.07) is 11.8. The van der Waals surface area contributed by atoms with Crippen LogP contribution < -0.4 is 39.3 Å². The monoisotopic (exact) mass is 666 g/mol. The lowest BCUT2D eigenvalue weighted by Crippen LogP contribution is -3.00. The van der Waals surface area contributed by atoms with Gasteiger partial charge in [0.25, 0.3) is 5.91 Å². The van der Waals surface area contributed by atoms with Gasteiger partial charge in [0, 0.05) is 35.8 Å². The molecule has 2 N–H and O–H groups in total. The molecule has 0 saturated carbocycles. The van der Waals surface area contributed by atoms with E-state index in [9.17, 15) is 13.6 Å². The highest BCUT2D eigenvalue weighted by Crippen LogP contribution is 2.27. The number of fused-ring (bicyclic) bond motifs is 1. The predicted octanol–water partition coefficient (Wildman–Crippen LogP) is 1.51. The Morgan fingerprint density at radius 1 is 1.07 bits per heavy atom. The Hall–Kier alpha value is -3.36. The molecule has 0 aliphatic carbocycles. The number of amides is 1. The smallest absolute Gasteiger partial charge is 0.387 e. The van der Waals surface area contributed by atoms with Crippen LogP contribution in [-0.2, 0) is 4.74 Å². The summed E-state index contributed by atoms with van der Waals surface area (Å²) in [5, 5.41) is 6.18. The number of halogens is 3. The van der Waals surface area contributed by atoms with E-state index in [-0.39, 0.29) is 35.6 Å². The number of aryl methyl sites for hydroxylation is 1. The minimum absolute atomic E-state index is 0. The number of nitrogens with one attached hydrogen (secondary N) is 2. The van der Waals surface area contributed by atoms with E-state index in [2.05, 4.69) is 46.5 Å². The van der Waals surface area contributed by atoms with Crippen molar-refractivity contribution in [3.63, 3.8) is 0 Å². The second-order valence-electron chi connectivity index (χ2n) is 10.1. The number of ether oxygens (including phenoxy) is 2. The molecule has 4 aromatic rings. The molecule has 2 aromatic heterocycles. The van der Waals surface area contributed by atoms with Crippen LogP contribution in [0.15, 0.2) is 61.1 Å². The number of anilines is 2. The van der Waals surface area contributed by atoms with Crippen LogP contribution >= 0.6 is 0 Å². The number of likely N-dealkylation sites (N-methyl/N-ethyl adjacent to an activating group) is 1. The van der Waals surface area contributed by atoms with Crippen molar-refractivity contribution in [1.29, 1.82) is 0 Å². The van der Waals surface area contributed by atoms with Crippen molar-refractivity contribution >= 4 is 23.1 Å². The molecule has 0 aliphatic rings. The fraction of sp³-hybridized carbons (Fsp3) is 0.321. The highest BCUT2D eigenvalue weighted by atomic mass is 127. The summed E-state index contributed by atoms with van der Waals surface area (Å²) >= 11 is 0. The Kier molecular flexibility index (Phi) is 10.8. The van der Waals surface area contributed by atoms with Crippen LogP contribution in [0, 0.1) is 6.92 Å². The van der Waals surface area contributed by atoms with Crippen LogP contribution in [-0.4, -0.2) is 78.8 Å². The van der Waals surface area contributed by atoms with Crippen LogP contribution in [0.3, 0.4) is 0 Å². The fourth-order valence-corrected chi connectivity index (χ4v) is 3.93. The molecule has 0 atom stereocenters. The van der Waals surface area contributed by atoms with Crippen molar-refractivity contribution in [1.82, 2.24) is 19.7 Å². The standard InChI is InChI=1S/C28H32F2N6O3.HI/c1-19-17-21(7-10-23(19)27(37)32-12-15-38-16-14-36(2,3)4)34-25-26-33-18-24(35(26)13-11-31-25)20-5-8-22(9-6-20)39-28(29)30;/h5-11,13,17-18,28H,12,14-16H2,1-4H3,(H-,31,32,34,37);1H. The lowest BCUT2D eigenvalue weighted by atomic mass is 10.1. The molecule has 40 heavy (non-hydrogen) atoms. The molecule has 2 heterocycles. The van der Waals surface area contributed by atoms with Gasteiger partial charge in [0.1, 0.15) is 12.3 Å². The summed E-state index contributed by atoms with van der Waals surface area (Å²) in [4.78, 5) is 21.6. The minimum Gasteiger partial charge on any atom is -1.00 e. The zero-order valence-electron chi connectivity index (χ0n) is 22.8. The lowest BCUT2D eigenvalue weighted by molar-refractivity contribution is -0.870. The van der Waals surface area contributed by atoms with Crippen molar-refractivity contribution < 1.29 is 51.5 Å². The molecule has 4 rings (SSSR count). The first kappa shape index (κ1) is 31.2. The Morgan fingerprint density at radius 2 is 1.82 bits per heavy atom. The van der Waals surface area contributed by atoms with Gasteiger partial charge in [-0.2, -0.15) is 8.78 Å². The Bertz CT molecular complexity index is 1420. The lowest BCUT2D eigenvalue weighted by Gasteiger charge is -2.23. The Balaban J connectivity index is 0.00000441. The number of hydrogen-bond donors (Lipinski definition) is 2. The van der Waals surface area contributed by atoms with E-state index in [1.807, 2.05) is 23.5 Å². The summed E-state index contributed by atoms with van der Waals surface area (Å²) in [5.41, 5.74) is 4.29. The van der Waals surface area contributed by atoms with E-state index in [1.165, 1.54) is 12.1 Å². The van der Waals surface area contributed by atoms with Crippen molar-refractivity contribution in [2.75, 3.05) is 52.8 Å². The average molecular weight is 667 g/mol. The third-order valence-corrected chi connectivity index (χ3v) is 5.98. The Morgan fingerprint density at radius 3 is 2.50 bits per heavy atom. The predicted molar refractivity (Wildman–Crippen MR) is 146 cm³/mol. The van der Waals surface area contributed by atoms with Crippen molar-refractivity contribution in [3.8, 4) is 17.0 Å². The highest BCUT2D eigenvalue weighted by Gasteiger charge is 2.14. The zero-order chi connectivity index (χ0) is 28.0. The van der Waals surface area contributed by atoms with Gasteiger partial charge in [-0.3, -0.25) is 9.20 Å². The maximum Gasteiger partial charge on any atom is 0.387 e. The summed E-state index contributed by atoms with van der Waals surface area (Å²) in [6.45, 7) is 1.43. The largest absolute Gasteiger partial charge is 1.00 e. The van der Waals surface area contributed by atoms with Gasteiger partial charge in [0.15, 0.2) is 11.5 Å².